The fourth-order valence-electron chi connectivity index (χ4n) is 3.20. The van der Waals surface area contributed by atoms with Crippen LogP contribution in [0.4, 0.5) is 5.69 Å². The quantitative estimate of drug-likeness (QED) is 0.849. The number of carbonyl (C=O) groups excluding carboxylic acids is 2. The van der Waals surface area contributed by atoms with Gasteiger partial charge in [-0.25, -0.2) is 4.98 Å². The van der Waals surface area contributed by atoms with Crippen molar-refractivity contribution in [2.75, 3.05) is 19.0 Å². The molecule has 1 N–H and O–H groups in total. The molecule has 1 saturated carbocycles. The van der Waals surface area contributed by atoms with Crippen LogP contribution in [-0.4, -0.2) is 41.4 Å². The van der Waals surface area contributed by atoms with Crippen LogP contribution in [0.1, 0.15) is 19.3 Å². The van der Waals surface area contributed by atoms with Gasteiger partial charge in [-0.15, -0.1) is 0 Å². The molecule has 0 unspecified atom stereocenters. The third-order valence-corrected chi connectivity index (χ3v) is 4.82. The molecule has 4 rings (SSSR count). The molecular weight excluding hydrogens is 346 g/mol. The molecule has 0 spiro atoms. The molecule has 2 heterocycles. The minimum absolute atomic E-state index is 0.0681. The van der Waals surface area contributed by atoms with Crippen molar-refractivity contribution in [1.82, 2.24) is 9.88 Å². The van der Waals surface area contributed by atoms with E-state index in [2.05, 4.69) is 10.3 Å². The molecule has 2 fully saturated rings. The number of methoxy groups -OCH3 is 1. The number of aromatic nitrogens is 1. The summed E-state index contributed by atoms with van der Waals surface area (Å²) in [6.45, 7) is 0.490. The predicted molar refractivity (Wildman–Crippen MR) is 98.8 cm³/mol. The lowest BCUT2D eigenvalue weighted by molar-refractivity contribution is -0.128. The summed E-state index contributed by atoms with van der Waals surface area (Å²) in [5, 5.41) is 2.87. The van der Waals surface area contributed by atoms with E-state index in [-0.39, 0.29) is 24.2 Å². The summed E-state index contributed by atoms with van der Waals surface area (Å²) in [5.41, 5.74) is 0.482. The highest BCUT2D eigenvalue weighted by atomic mass is 16.5. The molecule has 0 radical (unpaired) electrons. The SMILES string of the molecule is COc1ccc(Oc2ncccc2NC(=O)[C@H]2CC(=O)N(C3CC3)C2)cc1. The lowest BCUT2D eigenvalue weighted by Gasteiger charge is -2.16. The zero-order valence-corrected chi connectivity index (χ0v) is 15.1. The average molecular weight is 367 g/mol. The van der Waals surface area contributed by atoms with Gasteiger partial charge in [0, 0.05) is 25.2 Å². The largest absolute Gasteiger partial charge is 0.497 e. The lowest BCUT2D eigenvalue weighted by atomic mass is 10.1. The number of ether oxygens (including phenoxy) is 2. The van der Waals surface area contributed by atoms with Gasteiger partial charge in [0.15, 0.2) is 0 Å². The first-order valence-corrected chi connectivity index (χ1v) is 9.01. The monoisotopic (exact) mass is 367 g/mol. The summed E-state index contributed by atoms with van der Waals surface area (Å²) in [6, 6.07) is 10.9. The Hall–Kier alpha value is -3.09. The summed E-state index contributed by atoms with van der Waals surface area (Å²) in [5.74, 6) is 1.16. The standard InChI is InChI=1S/C20H21N3O4/c1-26-15-6-8-16(9-7-15)27-20-17(3-2-10-21-20)22-19(25)13-11-18(24)23(12-13)14-4-5-14/h2-3,6-10,13-14H,4-5,11-12H2,1H3,(H,22,25)/t13-/m0/s1. The molecule has 2 aliphatic rings. The second-order valence-electron chi connectivity index (χ2n) is 6.80. The van der Waals surface area contributed by atoms with Crippen LogP contribution in [-0.2, 0) is 9.59 Å². The summed E-state index contributed by atoms with van der Waals surface area (Å²) in [4.78, 5) is 30.8. The molecule has 2 aromatic rings. The van der Waals surface area contributed by atoms with E-state index >= 15 is 0 Å². The first-order chi connectivity index (χ1) is 13.1. The Kier molecular flexibility index (Phi) is 4.66. The van der Waals surface area contributed by atoms with Crippen molar-refractivity contribution < 1.29 is 19.1 Å². The number of hydrogen-bond acceptors (Lipinski definition) is 5. The Morgan fingerprint density at radius 3 is 2.63 bits per heavy atom. The maximum Gasteiger partial charge on any atom is 0.243 e. The van der Waals surface area contributed by atoms with Gasteiger partial charge >= 0.3 is 0 Å². The molecule has 27 heavy (non-hydrogen) atoms. The van der Waals surface area contributed by atoms with E-state index in [1.807, 2.05) is 4.90 Å². The molecule has 1 atom stereocenters. The number of pyridine rings is 1. The first-order valence-electron chi connectivity index (χ1n) is 9.01. The van der Waals surface area contributed by atoms with Gasteiger partial charge in [-0.05, 0) is 49.2 Å². The summed E-state index contributed by atoms with van der Waals surface area (Å²) in [6.07, 6.45) is 3.95. The van der Waals surface area contributed by atoms with Crippen molar-refractivity contribution in [3.8, 4) is 17.4 Å². The number of anilines is 1. The van der Waals surface area contributed by atoms with Gasteiger partial charge < -0.3 is 19.7 Å². The van der Waals surface area contributed by atoms with Gasteiger partial charge in [0.05, 0.1) is 13.0 Å². The second-order valence-corrected chi connectivity index (χ2v) is 6.80. The van der Waals surface area contributed by atoms with Gasteiger partial charge in [-0.3, -0.25) is 9.59 Å². The molecule has 7 heteroatoms. The highest BCUT2D eigenvalue weighted by Crippen LogP contribution is 2.34. The average Bonchev–Trinajstić information content (AvgIpc) is 3.45. The number of nitrogens with one attached hydrogen (secondary N) is 1. The van der Waals surface area contributed by atoms with Crippen LogP contribution in [0.3, 0.4) is 0 Å². The summed E-state index contributed by atoms with van der Waals surface area (Å²) < 4.78 is 10.9. The molecule has 1 aliphatic heterocycles. The Morgan fingerprint density at radius 2 is 1.93 bits per heavy atom. The Bertz CT molecular complexity index is 849. The summed E-state index contributed by atoms with van der Waals surface area (Å²) in [7, 11) is 1.60. The van der Waals surface area contributed by atoms with Crippen molar-refractivity contribution >= 4 is 17.5 Å². The fourth-order valence-corrected chi connectivity index (χ4v) is 3.20. The van der Waals surface area contributed by atoms with Gasteiger partial charge in [-0.1, -0.05) is 0 Å². The number of hydrogen-bond donors (Lipinski definition) is 1. The van der Waals surface area contributed by atoms with Crippen LogP contribution >= 0.6 is 0 Å². The van der Waals surface area contributed by atoms with E-state index < -0.39 is 0 Å². The van der Waals surface area contributed by atoms with E-state index in [1.54, 1.807) is 49.7 Å². The van der Waals surface area contributed by atoms with Crippen molar-refractivity contribution in [3.05, 3.63) is 42.6 Å². The van der Waals surface area contributed by atoms with Crippen LogP contribution in [0.2, 0.25) is 0 Å². The third-order valence-electron chi connectivity index (χ3n) is 4.82. The van der Waals surface area contributed by atoms with Gasteiger partial charge in [0.2, 0.25) is 17.7 Å². The number of benzene rings is 1. The molecule has 1 saturated heterocycles. The van der Waals surface area contributed by atoms with Crippen LogP contribution in [0.25, 0.3) is 0 Å². The lowest BCUT2D eigenvalue weighted by Crippen LogP contribution is -2.30. The van der Waals surface area contributed by atoms with E-state index in [0.29, 0.717) is 29.9 Å². The van der Waals surface area contributed by atoms with E-state index in [1.165, 1.54) is 0 Å². The van der Waals surface area contributed by atoms with Crippen LogP contribution < -0.4 is 14.8 Å². The second kappa shape index (κ2) is 7.26. The Balaban J connectivity index is 1.44. The number of nitrogens with zero attached hydrogens (tertiary/aromatic N) is 2. The zero-order valence-electron chi connectivity index (χ0n) is 15.1. The van der Waals surface area contributed by atoms with Crippen molar-refractivity contribution in [3.63, 3.8) is 0 Å². The van der Waals surface area contributed by atoms with Gasteiger partial charge in [-0.2, -0.15) is 0 Å². The maximum absolute atomic E-state index is 12.6. The molecule has 1 aromatic heterocycles. The van der Waals surface area contributed by atoms with Gasteiger partial charge in [0.25, 0.3) is 0 Å². The van der Waals surface area contributed by atoms with E-state index in [0.717, 1.165) is 18.6 Å². The van der Waals surface area contributed by atoms with Crippen molar-refractivity contribution in [2.45, 2.75) is 25.3 Å². The molecular formula is C20H21N3O4. The molecule has 7 nitrogen and oxygen atoms in total. The minimum Gasteiger partial charge on any atom is -0.497 e. The molecule has 140 valence electrons. The number of rotatable bonds is 6. The predicted octanol–water partition coefficient (Wildman–Crippen LogP) is 2.83. The molecule has 1 aliphatic carbocycles. The smallest absolute Gasteiger partial charge is 0.243 e. The maximum atomic E-state index is 12.6. The molecule has 2 amide bonds. The summed E-state index contributed by atoms with van der Waals surface area (Å²) >= 11 is 0. The Labute approximate surface area is 157 Å². The van der Waals surface area contributed by atoms with Crippen LogP contribution in [0, 0.1) is 5.92 Å². The van der Waals surface area contributed by atoms with Crippen molar-refractivity contribution in [1.29, 1.82) is 0 Å². The highest BCUT2D eigenvalue weighted by Gasteiger charge is 2.41. The Morgan fingerprint density at radius 1 is 1.19 bits per heavy atom. The van der Waals surface area contributed by atoms with Crippen LogP contribution in [0.15, 0.2) is 42.6 Å². The minimum atomic E-state index is -0.341. The first kappa shape index (κ1) is 17.3. The van der Waals surface area contributed by atoms with E-state index in [4.69, 9.17) is 9.47 Å². The molecule has 0 bridgehead atoms. The van der Waals surface area contributed by atoms with Crippen molar-refractivity contribution in [2.24, 2.45) is 5.92 Å². The normalized spacial score (nSPS) is 19.1. The topological polar surface area (TPSA) is 80.8 Å². The molecule has 1 aromatic carbocycles. The zero-order chi connectivity index (χ0) is 18.8. The number of likely N-dealkylation sites (tertiary alicyclic amines) is 1. The highest BCUT2D eigenvalue weighted by molar-refractivity contribution is 5.98. The van der Waals surface area contributed by atoms with E-state index in [9.17, 15) is 9.59 Å². The number of amides is 2. The third kappa shape index (κ3) is 3.86. The van der Waals surface area contributed by atoms with Gasteiger partial charge in [0.1, 0.15) is 17.2 Å². The van der Waals surface area contributed by atoms with Crippen LogP contribution in [0.5, 0.6) is 17.4 Å². The fraction of sp³-hybridized carbons (Fsp3) is 0.350. The number of carbonyl (C=O) groups is 2.